The summed E-state index contributed by atoms with van der Waals surface area (Å²) in [6.07, 6.45) is 1.53. The summed E-state index contributed by atoms with van der Waals surface area (Å²) < 4.78 is 4.78. The van der Waals surface area contributed by atoms with Crippen LogP contribution in [0.3, 0.4) is 0 Å². The number of aliphatic imine (C=N–C) groups is 1. The number of hydrogen-bond acceptors (Lipinski definition) is 3. The first-order valence-corrected chi connectivity index (χ1v) is 7.17. The Labute approximate surface area is 133 Å². The molecule has 1 heterocycles. The van der Waals surface area contributed by atoms with Gasteiger partial charge in [0, 0.05) is 13.1 Å². The molecular formula is C14H16Cl2N4O. The second kappa shape index (κ2) is 7.33. The number of aromatic nitrogens is 1. The molecule has 1 atom stereocenters. The first kappa shape index (κ1) is 15.7. The van der Waals surface area contributed by atoms with Crippen LogP contribution in [0.4, 0.5) is 0 Å². The summed E-state index contributed by atoms with van der Waals surface area (Å²) in [5, 5.41) is 11.3. The molecule has 0 spiro atoms. The highest BCUT2D eigenvalue weighted by molar-refractivity contribution is 6.42. The Morgan fingerprint density at radius 2 is 2.14 bits per heavy atom. The first-order chi connectivity index (χ1) is 10.1. The molecule has 1 aromatic carbocycles. The van der Waals surface area contributed by atoms with E-state index in [9.17, 15) is 0 Å². The van der Waals surface area contributed by atoms with Crippen LogP contribution in [0.1, 0.15) is 24.2 Å². The van der Waals surface area contributed by atoms with Crippen molar-refractivity contribution in [3.63, 3.8) is 0 Å². The fourth-order valence-corrected chi connectivity index (χ4v) is 2.07. The van der Waals surface area contributed by atoms with Crippen LogP contribution in [-0.4, -0.2) is 18.2 Å². The number of rotatable bonds is 4. The van der Waals surface area contributed by atoms with Crippen molar-refractivity contribution in [2.75, 3.05) is 7.05 Å². The standard InChI is InChI=1S/C14H16Cl2N4O/c1-9(10-3-4-12(15)13(16)7-10)19-14(17-2)18-8-11-5-6-21-20-11/h3-7,9H,8H2,1-2H3,(H2,17,18,19). The zero-order valence-corrected chi connectivity index (χ0v) is 13.2. The van der Waals surface area contributed by atoms with Crippen molar-refractivity contribution in [1.82, 2.24) is 15.8 Å². The lowest BCUT2D eigenvalue weighted by atomic mass is 10.1. The molecule has 2 aromatic rings. The molecule has 0 saturated heterocycles. The average Bonchev–Trinajstić information content (AvgIpc) is 2.99. The van der Waals surface area contributed by atoms with Crippen LogP contribution in [0.15, 0.2) is 40.0 Å². The third-order valence-electron chi connectivity index (χ3n) is 2.95. The van der Waals surface area contributed by atoms with Crippen LogP contribution in [0.25, 0.3) is 0 Å². The maximum atomic E-state index is 6.03. The summed E-state index contributed by atoms with van der Waals surface area (Å²) in [5.41, 5.74) is 1.83. The highest BCUT2D eigenvalue weighted by Gasteiger charge is 2.10. The predicted molar refractivity (Wildman–Crippen MR) is 84.7 cm³/mol. The molecule has 5 nitrogen and oxygen atoms in total. The summed E-state index contributed by atoms with van der Waals surface area (Å²) >= 11 is 12.0. The Morgan fingerprint density at radius 1 is 1.33 bits per heavy atom. The van der Waals surface area contributed by atoms with E-state index < -0.39 is 0 Å². The Kier molecular flexibility index (Phi) is 5.47. The topological polar surface area (TPSA) is 62.5 Å². The smallest absolute Gasteiger partial charge is 0.191 e. The molecule has 0 aliphatic carbocycles. The van der Waals surface area contributed by atoms with Crippen molar-refractivity contribution in [3.05, 3.63) is 51.8 Å². The third kappa shape index (κ3) is 4.37. The SMILES string of the molecule is CN=C(NCc1ccon1)NC(C)c1ccc(Cl)c(Cl)c1. The Balaban J connectivity index is 1.95. The molecule has 0 aliphatic heterocycles. The molecule has 0 aliphatic rings. The molecule has 2 N–H and O–H groups in total. The zero-order valence-electron chi connectivity index (χ0n) is 11.7. The number of hydrogen-bond donors (Lipinski definition) is 2. The van der Waals surface area contributed by atoms with E-state index in [-0.39, 0.29) is 6.04 Å². The van der Waals surface area contributed by atoms with E-state index >= 15 is 0 Å². The van der Waals surface area contributed by atoms with E-state index in [1.165, 1.54) is 6.26 Å². The maximum absolute atomic E-state index is 6.03. The van der Waals surface area contributed by atoms with E-state index in [2.05, 4.69) is 20.8 Å². The molecule has 0 saturated carbocycles. The molecule has 0 amide bonds. The van der Waals surface area contributed by atoms with Gasteiger partial charge in [-0.25, -0.2) is 0 Å². The summed E-state index contributed by atoms with van der Waals surface area (Å²) in [6, 6.07) is 7.37. The van der Waals surface area contributed by atoms with Crippen LogP contribution in [0.2, 0.25) is 10.0 Å². The molecule has 1 unspecified atom stereocenters. The van der Waals surface area contributed by atoms with Gasteiger partial charge in [-0.1, -0.05) is 34.4 Å². The highest BCUT2D eigenvalue weighted by atomic mass is 35.5. The minimum absolute atomic E-state index is 0.0308. The van der Waals surface area contributed by atoms with Crippen LogP contribution in [-0.2, 0) is 6.54 Å². The molecule has 112 valence electrons. The highest BCUT2D eigenvalue weighted by Crippen LogP contribution is 2.25. The number of nitrogens with one attached hydrogen (secondary N) is 2. The van der Waals surface area contributed by atoms with Gasteiger partial charge in [0.1, 0.15) is 12.0 Å². The minimum Gasteiger partial charge on any atom is -0.364 e. The quantitative estimate of drug-likeness (QED) is 0.667. The molecule has 1 aromatic heterocycles. The van der Waals surface area contributed by atoms with Gasteiger partial charge in [-0.15, -0.1) is 0 Å². The Hall–Kier alpha value is -1.72. The van der Waals surface area contributed by atoms with Gasteiger partial charge in [0.15, 0.2) is 5.96 Å². The summed E-state index contributed by atoms with van der Waals surface area (Å²) in [4.78, 5) is 4.17. The Morgan fingerprint density at radius 3 is 2.76 bits per heavy atom. The molecule has 2 rings (SSSR count). The molecule has 0 radical (unpaired) electrons. The van der Waals surface area contributed by atoms with Crippen molar-refractivity contribution in [1.29, 1.82) is 0 Å². The van der Waals surface area contributed by atoms with Crippen molar-refractivity contribution < 1.29 is 4.52 Å². The van der Waals surface area contributed by atoms with Gasteiger partial charge in [-0.3, -0.25) is 4.99 Å². The second-order valence-electron chi connectivity index (χ2n) is 4.46. The van der Waals surface area contributed by atoms with E-state index in [0.717, 1.165) is 11.3 Å². The van der Waals surface area contributed by atoms with Gasteiger partial charge in [0.05, 0.1) is 22.6 Å². The van der Waals surface area contributed by atoms with E-state index in [4.69, 9.17) is 27.7 Å². The lowest BCUT2D eigenvalue weighted by molar-refractivity contribution is 0.410. The van der Waals surface area contributed by atoms with Crippen LogP contribution in [0.5, 0.6) is 0 Å². The Bertz CT molecular complexity index is 613. The average molecular weight is 327 g/mol. The summed E-state index contributed by atoms with van der Waals surface area (Å²) in [6.45, 7) is 2.55. The zero-order chi connectivity index (χ0) is 15.2. The fourth-order valence-electron chi connectivity index (χ4n) is 1.77. The monoisotopic (exact) mass is 326 g/mol. The second-order valence-corrected chi connectivity index (χ2v) is 5.27. The van der Waals surface area contributed by atoms with E-state index in [1.54, 1.807) is 19.2 Å². The van der Waals surface area contributed by atoms with Gasteiger partial charge in [-0.05, 0) is 24.6 Å². The van der Waals surface area contributed by atoms with Gasteiger partial charge in [-0.2, -0.15) is 0 Å². The van der Waals surface area contributed by atoms with E-state index in [0.29, 0.717) is 22.5 Å². The molecule has 7 heteroatoms. The first-order valence-electron chi connectivity index (χ1n) is 6.41. The third-order valence-corrected chi connectivity index (χ3v) is 3.69. The molecule has 21 heavy (non-hydrogen) atoms. The molecular weight excluding hydrogens is 311 g/mol. The maximum Gasteiger partial charge on any atom is 0.191 e. The largest absolute Gasteiger partial charge is 0.364 e. The molecule has 0 fully saturated rings. The number of benzene rings is 1. The van der Waals surface area contributed by atoms with Crippen molar-refractivity contribution in [3.8, 4) is 0 Å². The fraction of sp³-hybridized carbons (Fsp3) is 0.286. The van der Waals surface area contributed by atoms with Gasteiger partial charge >= 0.3 is 0 Å². The predicted octanol–water partition coefficient (Wildman–Crippen LogP) is 3.41. The van der Waals surface area contributed by atoms with Crippen LogP contribution < -0.4 is 10.6 Å². The van der Waals surface area contributed by atoms with Crippen molar-refractivity contribution >= 4 is 29.2 Å². The van der Waals surface area contributed by atoms with Crippen molar-refractivity contribution in [2.24, 2.45) is 4.99 Å². The van der Waals surface area contributed by atoms with Crippen LogP contribution >= 0.6 is 23.2 Å². The van der Waals surface area contributed by atoms with Gasteiger partial charge < -0.3 is 15.2 Å². The lowest BCUT2D eigenvalue weighted by Crippen LogP contribution is -2.38. The number of nitrogens with zero attached hydrogens (tertiary/aromatic N) is 2. The normalized spacial score (nSPS) is 13.0. The number of halogens is 2. The van der Waals surface area contributed by atoms with Gasteiger partial charge in [0.2, 0.25) is 0 Å². The summed E-state index contributed by atoms with van der Waals surface area (Å²) in [5.74, 6) is 0.663. The lowest BCUT2D eigenvalue weighted by Gasteiger charge is -2.18. The van der Waals surface area contributed by atoms with Crippen molar-refractivity contribution in [2.45, 2.75) is 19.5 Å². The van der Waals surface area contributed by atoms with E-state index in [1.807, 2.05) is 19.1 Å². The molecule has 0 bridgehead atoms. The number of guanidine groups is 1. The van der Waals surface area contributed by atoms with Gasteiger partial charge in [0.25, 0.3) is 0 Å². The van der Waals surface area contributed by atoms with Crippen LogP contribution in [0, 0.1) is 0 Å². The summed E-state index contributed by atoms with van der Waals surface area (Å²) in [7, 11) is 1.71. The minimum atomic E-state index is 0.0308.